The van der Waals surface area contributed by atoms with Crippen LogP contribution < -0.4 is 0 Å². The molecule has 1 unspecified atom stereocenters. The molecule has 1 fully saturated rings. The van der Waals surface area contributed by atoms with Crippen molar-refractivity contribution in [2.75, 3.05) is 19.6 Å². The molecule has 1 atom stereocenters. The van der Waals surface area contributed by atoms with Crippen molar-refractivity contribution in [1.82, 2.24) is 4.90 Å². The molecule has 1 heterocycles. The van der Waals surface area contributed by atoms with E-state index in [9.17, 15) is 9.50 Å². The molecule has 0 bridgehead atoms. The van der Waals surface area contributed by atoms with Crippen molar-refractivity contribution < 1.29 is 9.50 Å². The van der Waals surface area contributed by atoms with Gasteiger partial charge in [0, 0.05) is 18.7 Å². The highest BCUT2D eigenvalue weighted by molar-refractivity contribution is 5.19. The van der Waals surface area contributed by atoms with Gasteiger partial charge in [-0.25, -0.2) is 4.39 Å². The maximum atomic E-state index is 13.5. The standard InChI is InChI=1S/C15H22FNO/c1-15(2)8-10-17(11-15)9-7-14(18)12-5-3-4-6-13(12)16/h3-6,14,18H,7-11H2,1-2H3. The fourth-order valence-electron chi connectivity index (χ4n) is 2.62. The molecule has 1 aromatic carbocycles. The molecule has 0 aromatic heterocycles. The Hall–Kier alpha value is -0.930. The van der Waals surface area contributed by atoms with E-state index in [-0.39, 0.29) is 5.82 Å². The average Bonchev–Trinajstić information content (AvgIpc) is 2.66. The van der Waals surface area contributed by atoms with E-state index in [1.807, 2.05) is 0 Å². The molecule has 0 saturated carbocycles. The second-order valence-electron chi connectivity index (χ2n) is 6.02. The first kappa shape index (κ1) is 13.5. The Morgan fingerprint density at radius 2 is 2.11 bits per heavy atom. The highest BCUT2D eigenvalue weighted by atomic mass is 19.1. The third-order valence-corrected chi connectivity index (χ3v) is 3.74. The van der Waals surface area contributed by atoms with Crippen molar-refractivity contribution in [3.05, 3.63) is 35.6 Å². The lowest BCUT2D eigenvalue weighted by atomic mass is 9.93. The number of halogens is 1. The summed E-state index contributed by atoms with van der Waals surface area (Å²) in [6.45, 7) is 7.51. The first-order valence-electron chi connectivity index (χ1n) is 6.63. The van der Waals surface area contributed by atoms with Gasteiger partial charge in [-0.15, -0.1) is 0 Å². The summed E-state index contributed by atoms with van der Waals surface area (Å²) in [7, 11) is 0. The average molecular weight is 251 g/mol. The summed E-state index contributed by atoms with van der Waals surface area (Å²) in [6, 6.07) is 6.47. The molecule has 18 heavy (non-hydrogen) atoms. The zero-order chi connectivity index (χ0) is 13.2. The Morgan fingerprint density at radius 3 is 2.72 bits per heavy atom. The van der Waals surface area contributed by atoms with E-state index in [1.165, 1.54) is 12.5 Å². The van der Waals surface area contributed by atoms with Gasteiger partial charge in [-0.2, -0.15) is 0 Å². The largest absolute Gasteiger partial charge is 0.388 e. The number of likely N-dealkylation sites (tertiary alicyclic amines) is 1. The molecule has 100 valence electrons. The Labute approximate surface area is 108 Å². The van der Waals surface area contributed by atoms with Crippen molar-refractivity contribution in [3.8, 4) is 0 Å². The van der Waals surface area contributed by atoms with Gasteiger partial charge in [-0.1, -0.05) is 32.0 Å². The number of rotatable bonds is 4. The molecular weight excluding hydrogens is 229 g/mol. The first-order chi connectivity index (χ1) is 8.48. The number of nitrogens with zero attached hydrogens (tertiary/aromatic N) is 1. The highest BCUT2D eigenvalue weighted by Crippen LogP contribution is 2.29. The normalized spacial score (nSPS) is 21.1. The summed E-state index contributed by atoms with van der Waals surface area (Å²) in [5.41, 5.74) is 0.791. The van der Waals surface area contributed by atoms with Crippen molar-refractivity contribution in [1.29, 1.82) is 0 Å². The molecule has 0 aliphatic carbocycles. The molecule has 1 aliphatic heterocycles. The fourth-order valence-corrected chi connectivity index (χ4v) is 2.62. The molecule has 2 nitrogen and oxygen atoms in total. The Bertz CT molecular complexity index is 405. The van der Waals surface area contributed by atoms with E-state index in [0.29, 0.717) is 17.4 Å². The predicted octanol–water partition coefficient (Wildman–Crippen LogP) is 2.98. The highest BCUT2D eigenvalue weighted by Gasteiger charge is 2.29. The Balaban J connectivity index is 1.86. The predicted molar refractivity (Wildman–Crippen MR) is 70.8 cm³/mol. The van der Waals surface area contributed by atoms with Crippen LogP contribution in [0.15, 0.2) is 24.3 Å². The second kappa shape index (κ2) is 5.37. The Kier molecular flexibility index (Phi) is 4.03. The number of aliphatic hydroxyl groups is 1. The van der Waals surface area contributed by atoms with E-state index in [0.717, 1.165) is 19.6 Å². The van der Waals surface area contributed by atoms with Gasteiger partial charge < -0.3 is 10.0 Å². The van der Waals surface area contributed by atoms with E-state index in [2.05, 4.69) is 18.7 Å². The van der Waals surface area contributed by atoms with Crippen LogP contribution in [0.3, 0.4) is 0 Å². The maximum Gasteiger partial charge on any atom is 0.128 e. The summed E-state index contributed by atoms with van der Waals surface area (Å²) >= 11 is 0. The smallest absolute Gasteiger partial charge is 0.128 e. The van der Waals surface area contributed by atoms with Crippen LogP contribution in [0.5, 0.6) is 0 Å². The number of hydrogen-bond acceptors (Lipinski definition) is 2. The van der Waals surface area contributed by atoms with Crippen LogP contribution in [0.2, 0.25) is 0 Å². The molecule has 1 aliphatic rings. The van der Waals surface area contributed by atoms with Gasteiger partial charge in [0.1, 0.15) is 5.82 Å². The van der Waals surface area contributed by atoms with Gasteiger partial charge in [-0.05, 0) is 30.9 Å². The lowest BCUT2D eigenvalue weighted by Gasteiger charge is -2.21. The minimum Gasteiger partial charge on any atom is -0.388 e. The minimum atomic E-state index is -0.699. The molecule has 1 N–H and O–H groups in total. The van der Waals surface area contributed by atoms with Gasteiger partial charge >= 0.3 is 0 Å². The molecule has 0 radical (unpaired) electrons. The van der Waals surface area contributed by atoms with Crippen LogP contribution in [0.1, 0.15) is 38.4 Å². The lowest BCUT2D eigenvalue weighted by Crippen LogP contribution is -2.25. The monoisotopic (exact) mass is 251 g/mol. The number of hydrogen-bond donors (Lipinski definition) is 1. The van der Waals surface area contributed by atoms with Gasteiger partial charge in [0.2, 0.25) is 0 Å². The summed E-state index contributed by atoms with van der Waals surface area (Å²) < 4.78 is 13.5. The topological polar surface area (TPSA) is 23.5 Å². The van der Waals surface area contributed by atoms with Crippen molar-refractivity contribution in [2.24, 2.45) is 5.41 Å². The SMILES string of the molecule is CC1(C)CCN(CCC(O)c2ccccc2F)C1. The molecule has 0 amide bonds. The summed E-state index contributed by atoms with van der Waals surface area (Å²) in [5.74, 6) is -0.313. The van der Waals surface area contributed by atoms with Gasteiger partial charge in [0.25, 0.3) is 0 Å². The second-order valence-corrected chi connectivity index (χ2v) is 6.02. The third kappa shape index (κ3) is 3.30. The van der Waals surface area contributed by atoms with Crippen LogP contribution in [-0.4, -0.2) is 29.6 Å². The molecule has 1 aromatic rings. The van der Waals surface area contributed by atoms with E-state index >= 15 is 0 Å². The quantitative estimate of drug-likeness (QED) is 0.889. The number of benzene rings is 1. The lowest BCUT2D eigenvalue weighted by molar-refractivity contribution is 0.142. The van der Waals surface area contributed by atoms with Gasteiger partial charge in [0.15, 0.2) is 0 Å². The maximum absolute atomic E-state index is 13.5. The third-order valence-electron chi connectivity index (χ3n) is 3.74. The first-order valence-corrected chi connectivity index (χ1v) is 6.63. The fraction of sp³-hybridized carbons (Fsp3) is 0.600. The van der Waals surface area contributed by atoms with Crippen molar-refractivity contribution >= 4 is 0 Å². The Morgan fingerprint density at radius 1 is 1.39 bits per heavy atom. The van der Waals surface area contributed by atoms with E-state index < -0.39 is 6.10 Å². The zero-order valence-electron chi connectivity index (χ0n) is 11.2. The summed E-state index contributed by atoms with van der Waals surface area (Å²) in [6.07, 6.45) is 1.09. The molecule has 2 rings (SSSR count). The molecule has 0 spiro atoms. The minimum absolute atomic E-state index is 0.313. The van der Waals surface area contributed by atoms with E-state index in [4.69, 9.17) is 0 Å². The van der Waals surface area contributed by atoms with Gasteiger partial charge in [0.05, 0.1) is 6.10 Å². The number of aliphatic hydroxyl groups excluding tert-OH is 1. The molecule has 3 heteroatoms. The van der Waals surface area contributed by atoms with Crippen molar-refractivity contribution in [2.45, 2.75) is 32.8 Å². The van der Waals surface area contributed by atoms with Crippen LogP contribution in [0, 0.1) is 11.2 Å². The summed E-state index contributed by atoms with van der Waals surface area (Å²) in [4.78, 5) is 2.35. The van der Waals surface area contributed by atoms with Crippen LogP contribution in [0.4, 0.5) is 4.39 Å². The van der Waals surface area contributed by atoms with Crippen molar-refractivity contribution in [3.63, 3.8) is 0 Å². The molecule has 1 saturated heterocycles. The van der Waals surface area contributed by atoms with Gasteiger partial charge in [-0.3, -0.25) is 0 Å². The summed E-state index contributed by atoms with van der Waals surface area (Å²) in [5, 5.41) is 10.0. The zero-order valence-corrected chi connectivity index (χ0v) is 11.2. The van der Waals surface area contributed by atoms with Crippen LogP contribution in [0.25, 0.3) is 0 Å². The van der Waals surface area contributed by atoms with Crippen LogP contribution in [-0.2, 0) is 0 Å². The van der Waals surface area contributed by atoms with Crippen LogP contribution >= 0.6 is 0 Å². The van der Waals surface area contributed by atoms with E-state index in [1.54, 1.807) is 18.2 Å². The molecular formula is C15H22FNO.